The molecule has 0 saturated carbocycles. The van der Waals surface area contributed by atoms with Crippen molar-refractivity contribution in [2.75, 3.05) is 20.8 Å². The lowest BCUT2D eigenvalue weighted by Gasteiger charge is -2.16. The van der Waals surface area contributed by atoms with Crippen LogP contribution in [0.4, 0.5) is 0 Å². The largest absolute Gasteiger partial charge is 0.481 e. The van der Waals surface area contributed by atoms with Crippen LogP contribution in [0.5, 0.6) is 5.88 Å². The predicted molar refractivity (Wildman–Crippen MR) is 67.3 cm³/mol. The second kappa shape index (κ2) is 6.61. The van der Waals surface area contributed by atoms with Crippen molar-refractivity contribution >= 4 is 0 Å². The van der Waals surface area contributed by atoms with Crippen LogP contribution in [0.15, 0.2) is 0 Å². The molecule has 0 amide bonds. The minimum atomic E-state index is 0.365. The molecule has 1 N–H and O–H groups in total. The molecular formula is C12H23N3O2. The number of nitrogens with one attached hydrogen (secondary N) is 1. The van der Waals surface area contributed by atoms with Gasteiger partial charge in [-0.2, -0.15) is 5.10 Å². The number of nitrogens with zero attached hydrogens (tertiary/aromatic N) is 2. The molecule has 98 valence electrons. The van der Waals surface area contributed by atoms with Crippen LogP contribution in [-0.2, 0) is 18.3 Å². The fourth-order valence-corrected chi connectivity index (χ4v) is 1.91. The quantitative estimate of drug-likeness (QED) is 0.780. The van der Waals surface area contributed by atoms with Gasteiger partial charge in [0.15, 0.2) is 0 Å². The van der Waals surface area contributed by atoms with E-state index in [0.717, 1.165) is 36.7 Å². The molecule has 1 atom stereocenters. The van der Waals surface area contributed by atoms with Crippen molar-refractivity contribution in [3.63, 3.8) is 0 Å². The van der Waals surface area contributed by atoms with Crippen molar-refractivity contribution in [1.29, 1.82) is 0 Å². The average Bonchev–Trinajstić information content (AvgIpc) is 2.58. The van der Waals surface area contributed by atoms with E-state index in [1.54, 1.807) is 18.9 Å². The highest BCUT2D eigenvalue weighted by Crippen LogP contribution is 2.20. The van der Waals surface area contributed by atoms with Gasteiger partial charge in [0.2, 0.25) is 5.88 Å². The third-order valence-electron chi connectivity index (χ3n) is 2.91. The van der Waals surface area contributed by atoms with Crippen LogP contribution in [0.25, 0.3) is 0 Å². The highest BCUT2D eigenvalue weighted by molar-refractivity contribution is 5.30. The minimum absolute atomic E-state index is 0.365. The highest BCUT2D eigenvalue weighted by atomic mass is 16.5. The first-order chi connectivity index (χ1) is 8.13. The van der Waals surface area contributed by atoms with Crippen molar-refractivity contribution in [3.05, 3.63) is 11.3 Å². The fraction of sp³-hybridized carbons (Fsp3) is 0.750. The topological polar surface area (TPSA) is 48.3 Å². The number of rotatable bonds is 7. The molecule has 17 heavy (non-hydrogen) atoms. The lowest BCUT2D eigenvalue weighted by atomic mass is 10.2. The molecule has 0 radical (unpaired) electrons. The summed E-state index contributed by atoms with van der Waals surface area (Å²) in [5, 5.41) is 7.81. The summed E-state index contributed by atoms with van der Waals surface area (Å²) in [6.45, 7) is 5.61. The number of aromatic nitrogens is 2. The first-order valence-corrected chi connectivity index (χ1v) is 5.92. The van der Waals surface area contributed by atoms with Crippen LogP contribution >= 0.6 is 0 Å². The predicted octanol–water partition coefficient (Wildman–Crippen LogP) is 1.25. The van der Waals surface area contributed by atoms with Crippen molar-refractivity contribution in [3.8, 4) is 5.88 Å². The van der Waals surface area contributed by atoms with Gasteiger partial charge in [-0.1, -0.05) is 6.92 Å². The summed E-state index contributed by atoms with van der Waals surface area (Å²) < 4.78 is 12.3. The van der Waals surface area contributed by atoms with Gasteiger partial charge < -0.3 is 14.8 Å². The summed E-state index contributed by atoms with van der Waals surface area (Å²) in [6, 6.07) is 0.365. The van der Waals surface area contributed by atoms with Crippen molar-refractivity contribution < 1.29 is 9.47 Å². The maximum atomic E-state index is 5.35. The molecule has 1 aromatic heterocycles. The molecule has 1 unspecified atom stereocenters. The molecule has 0 aliphatic rings. The van der Waals surface area contributed by atoms with Gasteiger partial charge in [0.1, 0.15) is 0 Å². The van der Waals surface area contributed by atoms with Gasteiger partial charge in [0.25, 0.3) is 0 Å². The molecule has 0 aliphatic carbocycles. The van der Waals surface area contributed by atoms with E-state index >= 15 is 0 Å². The molecule has 1 heterocycles. The van der Waals surface area contributed by atoms with E-state index in [-0.39, 0.29) is 0 Å². The Hall–Kier alpha value is -1.07. The molecule has 1 rings (SSSR count). The smallest absolute Gasteiger partial charge is 0.216 e. The van der Waals surface area contributed by atoms with Crippen LogP contribution in [0.2, 0.25) is 0 Å². The Bertz CT molecular complexity index is 350. The molecule has 0 spiro atoms. The van der Waals surface area contributed by atoms with Crippen LogP contribution in [-0.4, -0.2) is 36.6 Å². The Balaban J connectivity index is 2.67. The first kappa shape index (κ1) is 14.0. The minimum Gasteiger partial charge on any atom is -0.481 e. The summed E-state index contributed by atoms with van der Waals surface area (Å²) >= 11 is 0. The lowest BCUT2D eigenvalue weighted by Crippen LogP contribution is -2.32. The van der Waals surface area contributed by atoms with Gasteiger partial charge in [-0.25, -0.2) is 4.68 Å². The van der Waals surface area contributed by atoms with Crippen LogP contribution in [0.1, 0.15) is 24.6 Å². The molecule has 0 aliphatic heterocycles. The molecule has 5 heteroatoms. The zero-order valence-corrected chi connectivity index (χ0v) is 11.4. The van der Waals surface area contributed by atoms with Crippen molar-refractivity contribution in [2.45, 2.75) is 32.9 Å². The van der Waals surface area contributed by atoms with Crippen molar-refractivity contribution in [2.24, 2.45) is 7.05 Å². The molecule has 1 aromatic rings. The molecule has 0 saturated heterocycles. The summed E-state index contributed by atoms with van der Waals surface area (Å²) in [7, 11) is 5.29. The van der Waals surface area contributed by atoms with Crippen LogP contribution in [0, 0.1) is 6.92 Å². The van der Waals surface area contributed by atoms with E-state index in [1.165, 1.54) is 0 Å². The van der Waals surface area contributed by atoms with E-state index in [1.807, 2.05) is 14.0 Å². The SMILES string of the molecule is CCC(COC)NCc1c(C)nn(C)c1OC. The number of ether oxygens (including phenoxy) is 2. The molecule has 0 fully saturated rings. The van der Waals surface area contributed by atoms with Gasteiger partial charge in [-0.05, 0) is 13.3 Å². The maximum Gasteiger partial charge on any atom is 0.216 e. The van der Waals surface area contributed by atoms with Crippen LogP contribution < -0.4 is 10.1 Å². The van der Waals surface area contributed by atoms with E-state index in [2.05, 4.69) is 17.3 Å². The Kier molecular flexibility index (Phi) is 5.44. The van der Waals surface area contributed by atoms with E-state index in [4.69, 9.17) is 9.47 Å². The summed E-state index contributed by atoms with van der Waals surface area (Å²) in [6.07, 6.45) is 1.04. The van der Waals surface area contributed by atoms with E-state index in [9.17, 15) is 0 Å². The van der Waals surface area contributed by atoms with Gasteiger partial charge in [0.05, 0.1) is 25.0 Å². The molecule has 5 nitrogen and oxygen atoms in total. The van der Waals surface area contributed by atoms with Gasteiger partial charge in [-0.15, -0.1) is 0 Å². The number of hydrogen-bond acceptors (Lipinski definition) is 4. The lowest BCUT2D eigenvalue weighted by molar-refractivity contribution is 0.163. The second-order valence-corrected chi connectivity index (χ2v) is 4.14. The maximum absolute atomic E-state index is 5.35. The average molecular weight is 241 g/mol. The normalized spacial score (nSPS) is 12.8. The third-order valence-corrected chi connectivity index (χ3v) is 2.91. The molecule has 0 bridgehead atoms. The van der Waals surface area contributed by atoms with E-state index in [0.29, 0.717) is 6.04 Å². The van der Waals surface area contributed by atoms with Gasteiger partial charge >= 0.3 is 0 Å². The summed E-state index contributed by atoms with van der Waals surface area (Å²) in [4.78, 5) is 0. The Labute approximate surface area is 103 Å². The second-order valence-electron chi connectivity index (χ2n) is 4.14. The van der Waals surface area contributed by atoms with Crippen molar-refractivity contribution in [1.82, 2.24) is 15.1 Å². The monoisotopic (exact) mass is 241 g/mol. The number of methoxy groups -OCH3 is 2. The summed E-state index contributed by atoms with van der Waals surface area (Å²) in [5.41, 5.74) is 2.12. The Morgan fingerprint density at radius 3 is 2.65 bits per heavy atom. The van der Waals surface area contributed by atoms with Crippen LogP contribution in [0.3, 0.4) is 0 Å². The van der Waals surface area contributed by atoms with Gasteiger partial charge in [0, 0.05) is 26.7 Å². The van der Waals surface area contributed by atoms with E-state index < -0.39 is 0 Å². The Morgan fingerprint density at radius 1 is 1.41 bits per heavy atom. The zero-order chi connectivity index (χ0) is 12.8. The molecular weight excluding hydrogens is 218 g/mol. The zero-order valence-electron chi connectivity index (χ0n) is 11.4. The fourth-order valence-electron chi connectivity index (χ4n) is 1.91. The Morgan fingerprint density at radius 2 is 2.12 bits per heavy atom. The standard InChI is InChI=1S/C12H23N3O2/c1-6-10(8-16-4)13-7-11-9(2)14-15(3)12(11)17-5/h10,13H,6-8H2,1-5H3. The van der Waals surface area contributed by atoms with Gasteiger partial charge in [-0.3, -0.25) is 0 Å². The highest BCUT2D eigenvalue weighted by Gasteiger charge is 2.14. The molecule has 0 aromatic carbocycles. The summed E-state index contributed by atoms with van der Waals surface area (Å²) in [5.74, 6) is 0.822. The number of aryl methyl sites for hydroxylation is 2. The number of hydrogen-bond donors (Lipinski definition) is 1. The third kappa shape index (κ3) is 3.44. The first-order valence-electron chi connectivity index (χ1n) is 5.92.